The van der Waals surface area contributed by atoms with Crippen LogP contribution in [0, 0.1) is 0 Å². The number of nitrogens with zero attached hydrogens (tertiary/aromatic N) is 4. The third-order valence-electron chi connectivity index (χ3n) is 3.11. The Hall–Kier alpha value is -1.56. The molecule has 1 N–H and O–H groups in total. The summed E-state index contributed by atoms with van der Waals surface area (Å²) < 4.78 is 7.64. The first-order valence-electron chi connectivity index (χ1n) is 6.88. The number of aromatic nitrogens is 2. The summed E-state index contributed by atoms with van der Waals surface area (Å²) in [4.78, 5) is 6.78. The van der Waals surface area contributed by atoms with E-state index in [9.17, 15) is 0 Å². The maximum Gasteiger partial charge on any atom is 0.194 e. The van der Waals surface area contributed by atoms with Gasteiger partial charge in [-0.3, -0.25) is 9.67 Å². The molecule has 2 heterocycles. The van der Waals surface area contributed by atoms with Gasteiger partial charge in [0.1, 0.15) is 6.10 Å². The third kappa shape index (κ3) is 3.47. The van der Waals surface area contributed by atoms with Crippen LogP contribution in [-0.4, -0.2) is 53.4 Å². The van der Waals surface area contributed by atoms with Gasteiger partial charge in [-0.05, 0) is 13.8 Å². The van der Waals surface area contributed by atoms with Gasteiger partial charge in [0, 0.05) is 38.4 Å². The number of morpholine rings is 1. The molecule has 6 heteroatoms. The summed E-state index contributed by atoms with van der Waals surface area (Å²) in [6.07, 6.45) is 3.96. The number of rotatable bonds is 3. The van der Waals surface area contributed by atoms with Crippen LogP contribution in [0.15, 0.2) is 17.4 Å². The van der Waals surface area contributed by atoms with E-state index in [0.717, 1.165) is 37.7 Å². The molecular weight excluding hydrogens is 242 g/mol. The van der Waals surface area contributed by atoms with Gasteiger partial charge in [0.15, 0.2) is 5.96 Å². The zero-order valence-electron chi connectivity index (χ0n) is 12.0. The van der Waals surface area contributed by atoms with Gasteiger partial charge in [0.05, 0.1) is 19.3 Å². The Morgan fingerprint density at radius 1 is 1.58 bits per heavy atom. The van der Waals surface area contributed by atoms with E-state index in [1.807, 2.05) is 24.1 Å². The number of ether oxygens (including phenoxy) is 1. The lowest BCUT2D eigenvalue weighted by Gasteiger charge is -2.34. The maximum atomic E-state index is 5.84. The summed E-state index contributed by atoms with van der Waals surface area (Å²) in [5, 5.41) is 7.54. The Balaban J connectivity index is 2.05. The van der Waals surface area contributed by atoms with Crippen molar-refractivity contribution in [3.63, 3.8) is 0 Å². The fraction of sp³-hybridized carbons (Fsp3) is 0.692. The van der Waals surface area contributed by atoms with E-state index in [1.54, 1.807) is 0 Å². The van der Waals surface area contributed by atoms with E-state index in [-0.39, 0.29) is 6.10 Å². The Kier molecular flexibility index (Phi) is 4.79. The van der Waals surface area contributed by atoms with Crippen molar-refractivity contribution in [2.45, 2.75) is 20.0 Å². The summed E-state index contributed by atoms with van der Waals surface area (Å²) in [6.45, 7) is 8.22. The summed E-state index contributed by atoms with van der Waals surface area (Å²) in [5.41, 5.74) is 1.12. The molecule has 1 atom stereocenters. The molecule has 1 aromatic heterocycles. The molecule has 106 valence electrons. The van der Waals surface area contributed by atoms with E-state index in [4.69, 9.17) is 4.74 Å². The number of guanidine groups is 1. The van der Waals surface area contributed by atoms with Crippen LogP contribution in [0.3, 0.4) is 0 Å². The Bertz CT molecular complexity index is 428. The highest BCUT2D eigenvalue weighted by molar-refractivity contribution is 5.80. The van der Waals surface area contributed by atoms with Crippen LogP contribution in [0.4, 0.5) is 0 Å². The molecule has 6 nitrogen and oxygen atoms in total. The number of hydrogen-bond donors (Lipinski definition) is 1. The molecular formula is C13H23N5O. The highest BCUT2D eigenvalue weighted by atomic mass is 16.5. The average Bonchev–Trinajstić information content (AvgIpc) is 2.85. The number of aryl methyl sites for hydroxylation is 1. The molecule has 2 rings (SSSR count). The second-order valence-corrected chi connectivity index (χ2v) is 4.58. The van der Waals surface area contributed by atoms with Crippen molar-refractivity contribution in [3.05, 3.63) is 18.0 Å². The Morgan fingerprint density at radius 2 is 2.42 bits per heavy atom. The highest BCUT2D eigenvalue weighted by Gasteiger charge is 2.24. The maximum absolute atomic E-state index is 5.84. The van der Waals surface area contributed by atoms with Crippen LogP contribution < -0.4 is 5.32 Å². The monoisotopic (exact) mass is 265 g/mol. The molecule has 0 spiro atoms. The Morgan fingerprint density at radius 3 is 3.05 bits per heavy atom. The van der Waals surface area contributed by atoms with E-state index in [1.165, 1.54) is 0 Å². The third-order valence-corrected chi connectivity index (χ3v) is 3.11. The van der Waals surface area contributed by atoms with Crippen molar-refractivity contribution in [1.29, 1.82) is 0 Å². The Labute approximate surface area is 114 Å². The topological polar surface area (TPSA) is 54.7 Å². The van der Waals surface area contributed by atoms with Crippen LogP contribution in [0.25, 0.3) is 0 Å². The lowest BCUT2D eigenvalue weighted by Crippen LogP contribution is -2.48. The van der Waals surface area contributed by atoms with Gasteiger partial charge in [-0.1, -0.05) is 0 Å². The molecule has 0 saturated carbocycles. The summed E-state index contributed by atoms with van der Waals surface area (Å²) in [5.74, 6) is 0.974. The first-order chi connectivity index (χ1) is 9.24. The van der Waals surface area contributed by atoms with Crippen molar-refractivity contribution < 1.29 is 4.74 Å². The number of nitrogens with one attached hydrogen (secondary N) is 1. The van der Waals surface area contributed by atoms with Gasteiger partial charge in [-0.2, -0.15) is 5.10 Å². The van der Waals surface area contributed by atoms with E-state index < -0.39 is 0 Å². The van der Waals surface area contributed by atoms with Crippen LogP contribution in [-0.2, 0) is 11.8 Å². The minimum atomic E-state index is 0.0724. The van der Waals surface area contributed by atoms with E-state index in [0.29, 0.717) is 6.61 Å². The van der Waals surface area contributed by atoms with Crippen LogP contribution >= 0.6 is 0 Å². The van der Waals surface area contributed by atoms with E-state index in [2.05, 4.69) is 34.2 Å². The van der Waals surface area contributed by atoms with Crippen molar-refractivity contribution in [2.24, 2.45) is 12.0 Å². The second kappa shape index (κ2) is 6.56. The fourth-order valence-electron chi connectivity index (χ4n) is 2.23. The van der Waals surface area contributed by atoms with Crippen LogP contribution in [0.5, 0.6) is 0 Å². The van der Waals surface area contributed by atoms with Gasteiger partial charge < -0.3 is 15.0 Å². The summed E-state index contributed by atoms with van der Waals surface area (Å²) in [7, 11) is 1.92. The lowest BCUT2D eigenvalue weighted by atomic mass is 10.1. The molecule has 0 bridgehead atoms. The zero-order valence-corrected chi connectivity index (χ0v) is 12.0. The smallest absolute Gasteiger partial charge is 0.194 e. The molecule has 0 aliphatic carbocycles. The first-order valence-corrected chi connectivity index (χ1v) is 6.88. The molecule has 1 aliphatic rings. The molecule has 19 heavy (non-hydrogen) atoms. The van der Waals surface area contributed by atoms with Gasteiger partial charge in [-0.15, -0.1) is 0 Å². The minimum Gasteiger partial charge on any atom is -0.370 e. The largest absolute Gasteiger partial charge is 0.370 e. The molecule has 1 saturated heterocycles. The molecule has 0 aromatic carbocycles. The molecule has 1 unspecified atom stereocenters. The van der Waals surface area contributed by atoms with Crippen LogP contribution in [0.1, 0.15) is 25.5 Å². The predicted octanol–water partition coefficient (Wildman–Crippen LogP) is 0.779. The number of aliphatic imine (C=N–C) groups is 1. The zero-order chi connectivity index (χ0) is 13.7. The normalized spacial score (nSPS) is 20.7. The lowest BCUT2D eigenvalue weighted by molar-refractivity contribution is -0.00803. The van der Waals surface area contributed by atoms with Crippen molar-refractivity contribution >= 4 is 5.96 Å². The average molecular weight is 265 g/mol. The quantitative estimate of drug-likeness (QED) is 0.648. The van der Waals surface area contributed by atoms with Gasteiger partial charge in [-0.25, -0.2) is 0 Å². The van der Waals surface area contributed by atoms with Crippen molar-refractivity contribution in [1.82, 2.24) is 20.0 Å². The molecule has 1 aromatic rings. The fourth-order valence-corrected chi connectivity index (χ4v) is 2.23. The minimum absolute atomic E-state index is 0.0724. The van der Waals surface area contributed by atoms with Gasteiger partial charge in [0.2, 0.25) is 0 Å². The summed E-state index contributed by atoms with van der Waals surface area (Å²) >= 11 is 0. The predicted molar refractivity (Wildman–Crippen MR) is 75.1 cm³/mol. The molecule has 1 fully saturated rings. The van der Waals surface area contributed by atoms with Crippen LogP contribution in [0.2, 0.25) is 0 Å². The SMILES string of the molecule is CCN=C(NCC)N1CCOC(c2cnn(C)c2)C1. The number of hydrogen-bond acceptors (Lipinski definition) is 3. The molecule has 1 aliphatic heterocycles. The molecule has 0 radical (unpaired) electrons. The second-order valence-electron chi connectivity index (χ2n) is 4.58. The van der Waals surface area contributed by atoms with E-state index >= 15 is 0 Å². The van der Waals surface area contributed by atoms with Gasteiger partial charge >= 0.3 is 0 Å². The van der Waals surface area contributed by atoms with Gasteiger partial charge in [0.25, 0.3) is 0 Å². The molecule has 0 amide bonds. The standard InChI is InChI=1S/C13H23N5O/c1-4-14-13(15-5-2)18-6-7-19-12(10-18)11-8-16-17(3)9-11/h8-9,12H,4-7,10H2,1-3H3,(H,14,15). The van der Waals surface area contributed by atoms with Crippen molar-refractivity contribution in [2.75, 3.05) is 32.8 Å². The van der Waals surface area contributed by atoms with Crippen molar-refractivity contribution in [3.8, 4) is 0 Å². The first kappa shape index (κ1) is 13.9. The summed E-state index contributed by atoms with van der Waals surface area (Å²) in [6, 6.07) is 0. The highest BCUT2D eigenvalue weighted by Crippen LogP contribution is 2.21.